The molecule has 3 heterocycles. The summed E-state index contributed by atoms with van der Waals surface area (Å²) in [6.45, 7) is 2.28. The van der Waals surface area contributed by atoms with E-state index in [0.29, 0.717) is 24.6 Å². The third kappa shape index (κ3) is 2.18. The van der Waals surface area contributed by atoms with E-state index in [0.717, 1.165) is 30.8 Å². The fraction of sp³-hybridized carbons (Fsp3) is 0.333. The molecule has 0 bridgehead atoms. The topological polar surface area (TPSA) is 59.1 Å². The van der Waals surface area contributed by atoms with E-state index in [9.17, 15) is 8.42 Å². The number of ether oxygens (including phenoxy) is 2. The number of benzene rings is 2. The van der Waals surface area contributed by atoms with Gasteiger partial charge in [0, 0.05) is 19.2 Å². The zero-order valence-corrected chi connectivity index (χ0v) is 14.5. The number of sulfonamides is 1. The van der Waals surface area contributed by atoms with Gasteiger partial charge in [0.2, 0.25) is 6.79 Å². The average Bonchev–Trinajstić information content (AvgIpc) is 3.10. The maximum atomic E-state index is 13.3. The van der Waals surface area contributed by atoms with Crippen LogP contribution in [-0.4, -0.2) is 34.8 Å². The molecule has 5 rings (SSSR count). The van der Waals surface area contributed by atoms with Gasteiger partial charge in [-0.25, -0.2) is 8.42 Å². The van der Waals surface area contributed by atoms with Gasteiger partial charge in [0.25, 0.3) is 10.0 Å². The molecule has 130 valence electrons. The summed E-state index contributed by atoms with van der Waals surface area (Å²) in [4.78, 5) is 2.54. The molecule has 0 radical (unpaired) electrons. The zero-order chi connectivity index (χ0) is 17.0. The van der Waals surface area contributed by atoms with E-state index in [1.165, 1.54) is 9.87 Å². The first-order valence-electron chi connectivity index (χ1n) is 8.44. The Balaban J connectivity index is 1.61. The molecule has 0 saturated heterocycles. The molecule has 0 unspecified atom stereocenters. The molecule has 6 nitrogen and oxygen atoms in total. The van der Waals surface area contributed by atoms with Crippen molar-refractivity contribution in [2.75, 3.05) is 35.6 Å². The summed E-state index contributed by atoms with van der Waals surface area (Å²) in [5, 5.41) is 0. The lowest BCUT2D eigenvalue weighted by atomic mass is 9.99. The van der Waals surface area contributed by atoms with Crippen molar-refractivity contribution < 1.29 is 17.9 Å². The van der Waals surface area contributed by atoms with E-state index < -0.39 is 10.0 Å². The van der Waals surface area contributed by atoms with Crippen molar-refractivity contribution in [3.63, 3.8) is 0 Å². The molecule has 2 aromatic rings. The van der Waals surface area contributed by atoms with Crippen LogP contribution < -0.4 is 18.7 Å². The van der Waals surface area contributed by atoms with Crippen LogP contribution in [0.25, 0.3) is 0 Å². The summed E-state index contributed by atoms with van der Waals surface area (Å²) in [5.41, 5.74) is 3.08. The number of para-hydroxylation sites is 1. The Labute approximate surface area is 146 Å². The summed E-state index contributed by atoms with van der Waals surface area (Å²) < 4.78 is 38.7. The molecule has 0 aliphatic carbocycles. The minimum atomic E-state index is -3.65. The molecule has 0 atom stereocenters. The molecule has 0 aromatic heterocycles. The highest BCUT2D eigenvalue weighted by molar-refractivity contribution is 7.92. The van der Waals surface area contributed by atoms with Crippen molar-refractivity contribution in [3.05, 3.63) is 42.0 Å². The Morgan fingerprint density at radius 3 is 2.76 bits per heavy atom. The number of aryl methyl sites for hydroxylation is 1. The van der Waals surface area contributed by atoms with E-state index >= 15 is 0 Å². The monoisotopic (exact) mass is 358 g/mol. The van der Waals surface area contributed by atoms with Gasteiger partial charge in [0.05, 0.1) is 22.8 Å². The highest BCUT2D eigenvalue weighted by Crippen LogP contribution is 2.42. The van der Waals surface area contributed by atoms with Crippen LogP contribution in [0.3, 0.4) is 0 Å². The first-order chi connectivity index (χ1) is 12.1. The summed E-state index contributed by atoms with van der Waals surface area (Å²) in [7, 11) is -3.65. The van der Waals surface area contributed by atoms with Crippen molar-refractivity contribution in [2.45, 2.75) is 17.7 Å². The van der Waals surface area contributed by atoms with Crippen molar-refractivity contribution in [1.29, 1.82) is 0 Å². The summed E-state index contributed by atoms with van der Waals surface area (Å²) >= 11 is 0. The van der Waals surface area contributed by atoms with Crippen LogP contribution in [0.4, 0.5) is 11.4 Å². The quantitative estimate of drug-likeness (QED) is 0.825. The van der Waals surface area contributed by atoms with Crippen molar-refractivity contribution in [2.24, 2.45) is 0 Å². The minimum absolute atomic E-state index is 0.129. The lowest BCUT2D eigenvalue weighted by Crippen LogP contribution is -2.46. The Morgan fingerprint density at radius 1 is 0.960 bits per heavy atom. The SMILES string of the molecule is O=S(=O)(c1ccc2c(c1)OCO2)N1CCN2CCCc3cccc1c32. The van der Waals surface area contributed by atoms with Gasteiger partial charge in [-0.2, -0.15) is 0 Å². The lowest BCUT2D eigenvalue weighted by molar-refractivity contribution is 0.174. The zero-order valence-electron chi connectivity index (χ0n) is 13.6. The van der Waals surface area contributed by atoms with Gasteiger partial charge < -0.3 is 14.4 Å². The Morgan fingerprint density at radius 2 is 1.84 bits per heavy atom. The number of hydrogen-bond donors (Lipinski definition) is 0. The fourth-order valence-corrected chi connectivity index (χ4v) is 5.37. The maximum Gasteiger partial charge on any atom is 0.264 e. The Bertz CT molecular complexity index is 958. The van der Waals surface area contributed by atoms with Crippen LogP contribution in [0.1, 0.15) is 12.0 Å². The van der Waals surface area contributed by atoms with E-state index in [4.69, 9.17) is 9.47 Å². The van der Waals surface area contributed by atoms with Crippen LogP contribution in [0.5, 0.6) is 11.5 Å². The molecule has 3 aliphatic heterocycles. The van der Waals surface area contributed by atoms with Crippen LogP contribution in [0.2, 0.25) is 0 Å². The van der Waals surface area contributed by atoms with Gasteiger partial charge >= 0.3 is 0 Å². The predicted molar refractivity (Wildman–Crippen MR) is 94.1 cm³/mol. The molecular formula is C18H18N2O4S. The van der Waals surface area contributed by atoms with Gasteiger partial charge in [0.15, 0.2) is 11.5 Å². The fourth-order valence-electron chi connectivity index (χ4n) is 3.89. The number of nitrogens with zero attached hydrogens (tertiary/aromatic N) is 2. The van der Waals surface area contributed by atoms with Crippen LogP contribution >= 0.6 is 0 Å². The Hall–Kier alpha value is -2.41. The number of fused-ring (bicyclic) bond motifs is 1. The second kappa shape index (κ2) is 5.29. The highest BCUT2D eigenvalue weighted by Gasteiger charge is 2.35. The van der Waals surface area contributed by atoms with Gasteiger partial charge in [-0.05, 0) is 36.6 Å². The highest BCUT2D eigenvalue weighted by atomic mass is 32.2. The molecule has 0 N–H and O–H groups in total. The molecule has 25 heavy (non-hydrogen) atoms. The molecule has 0 saturated carbocycles. The maximum absolute atomic E-state index is 13.3. The van der Waals surface area contributed by atoms with Gasteiger partial charge in [-0.3, -0.25) is 4.31 Å². The largest absolute Gasteiger partial charge is 0.454 e. The third-order valence-electron chi connectivity index (χ3n) is 5.06. The third-order valence-corrected chi connectivity index (χ3v) is 6.87. The van der Waals surface area contributed by atoms with E-state index in [1.54, 1.807) is 18.2 Å². The van der Waals surface area contributed by atoms with Gasteiger partial charge in [-0.1, -0.05) is 12.1 Å². The van der Waals surface area contributed by atoms with Crippen molar-refractivity contribution in [1.82, 2.24) is 0 Å². The average molecular weight is 358 g/mol. The smallest absolute Gasteiger partial charge is 0.264 e. The molecule has 3 aliphatic rings. The summed E-state index contributed by atoms with van der Waals surface area (Å²) in [6.07, 6.45) is 2.11. The van der Waals surface area contributed by atoms with Gasteiger partial charge in [0.1, 0.15) is 0 Å². The summed E-state index contributed by atoms with van der Waals surface area (Å²) in [6, 6.07) is 10.8. The van der Waals surface area contributed by atoms with Crippen LogP contribution in [0, 0.1) is 0 Å². The molecule has 7 heteroatoms. The lowest BCUT2D eigenvalue weighted by Gasteiger charge is -2.41. The first kappa shape index (κ1) is 14.9. The van der Waals surface area contributed by atoms with Gasteiger partial charge in [-0.15, -0.1) is 0 Å². The minimum Gasteiger partial charge on any atom is -0.454 e. The number of rotatable bonds is 2. The molecule has 0 spiro atoms. The van der Waals surface area contributed by atoms with Crippen molar-refractivity contribution in [3.8, 4) is 11.5 Å². The molecule has 0 fully saturated rings. The van der Waals surface area contributed by atoms with Crippen LogP contribution in [-0.2, 0) is 16.4 Å². The summed E-state index contributed by atoms with van der Waals surface area (Å²) in [5.74, 6) is 1.07. The standard InChI is InChI=1S/C18H18N2O4S/c21-25(22,14-6-7-16-17(11-14)24-12-23-16)20-10-9-19-8-2-4-13-3-1-5-15(20)18(13)19/h1,3,5-7,11H,2,4,8-10,12H2. The second-order valence-electron chi connectivity index (χ2n) is 6.47. The number of hydrogen-bond acceptors (Lipinski definition) is 5. The van der Waals surface area contributed by atoms with E-state index in [1.807, 2.05) is 12.1 Å². The normalized spacial score (nSPS) is 18.2. The molecule has 2 aromatic carbocycles. The second-order valence-corrected chi connectivity index (χ2v) is 8.33. The Kier molecular flexibility index (Phi) is 3.15. The van der Waals surface area contributed by atoms with Crippen LogP contribution in [0.15, 0.2) is 41.3 Å². The van der Waals surface area contributed by atoms with E-state index in [-0.39, 0.29) is 11.7 Å². The van der Waals surface area contributed by atoms with E-state index in [2.05, 4.69) is 11.0 Å². The predicted octanol–water partition coefficient (Wildman–Crippen LogP) is 2.38. The number of anilines is 2. The molecular weight excluding hydrogens is 340 g/mol. The molecule has 0 amide bonds. The van der Waals surface area contributed by atoms with Crippen molar-refractivity contribution >= 4 is 21.4 Å². The first-order valence-corrected chi connectivity index (χ1v) is 9.88.